The van der Waals surface area contributed by atoms with Crippen molar-refractivity contribution in [3.8, 4) is 5.82 Å². The molecular formula is C26H25Cl2N3O4S2. The Hall–Kier alpha value is -2.72. The predicted octanol–water partition coefficient (Wildman–Crippen LogP) is 6.75. The van der Waals surface area contributed by atoms with Gasteiger partial charge in [-0.05, 0) is 66.3 Å². The fourth-order valence-electron chi connectivity index (χ4n) is 4.14. The van der Waals surface area contributed by atoms with Crippen LogP contribution < -0.4 is 4.31 Å². The van der Waals surface area contributed by atoms with E-state index in [1.54, 1.807) is 56.9 Å². The molecule has 194 valence electrons. The molecule has 1 N–H and O–H groups in total. The summed E-state index contributed by atoms with van der Waals surface area (Å²) in [5.74, 6) is -0.573. The molecule has 0 amide bonds. The molecule has 0 aliphatic heterocycles. The van der Waals surface area contributed by atoms with Crippen LogP contribution in [0.3, 0.4) is 0 Å². The first-order valence-corrected chi connectivity index (χ1v) is 14.6. The van der Waals surface area contributed by atoms with Gasteiger partial charge >= 0.3 is 5.97 Å². The van der Waals surface area contributed by atoms with Gasteiger partial charge in [0, 0.05) is 32.7 Å². The standard InChI is InChI=1S/C26H25Cl2N3O4S2/c1-26(2,3)24(25(32)33)31(37(34,35)21-13-17(27)12-18(28)14-21)19-5-7-22-16(11-19)9-10-30(22)23-8-6-20(36-4)15-29-23/h5-15,24H,1-4H3,(H,32,33). The van der Waals surface area contributed by atoms with Gasteiger partial charge in [0.1, 0.15) is 11.9 Å². The van der Waals surface area contributed by atoms with Crippen LogP contribution in [0.1, 0.15) is 20.8 Å². The summed E-state index contributed by atoms with van der Waals surface area (Å²) in [7, 11) is -4.39. The molecule has 2 aromatic carbocycles. The number of aromatic nitrogens is 2. The van der Waals surface area contributed by atoms with Gasteiger partial charge in [0.15, 0.2) is 0 Å². The molecule has 37 heavy (non-hydrogen) atoms. The zero-order chi connectivity index (χ0) is 27.1. The van der Waals surface area contributed by atoms with Gasteiger partial charge in [-0.2, -0.15) is 0 Å². The number of aliphatic carboxylic acids is 1. The molecule has 0 spiro atoms. The second kappa shape index (κ2) is 10.2. The van der Waals surface area contributed by atoms with E-state index in [1.165, 1.54) is 18.2 Å². The number of carbonyl (C=O) groups is 1. The van der Waals surface area contributed by atoms with Crippen molar-refractivity contribution in [2.24, 2.45) is 5.41 Å². The fraction of sp³-hybridized carbons (Fsp3) is 0.231. The highest BCUT2D eigenvalue weighted by atomic mass is 35.5. The number of thioether (sulfide) groups is 1. The summed E-state index contributed by atoms with van der Waals surface area (Å²) >= 11 is 13.8. The number of sulfonamides is 1. The van der Waals surface area contributed by atoms with E-state index >= 15 is 0 Å². The van der Waals surface area contributed by atoms with Crippen molar-refractivity contribution >= 4 is 67.5 Å². The van der Waals surface area contributed by atoms with Crippen LogP contribution >= 0.6 is 35.0 Å². The van der Waals surface area contributed by atoms with Crippen LogP contribution in [0.15, 0.2) is 76.8 Å². The van der Waals surface area contributed by atoms with Crippen LogP contribution in [-0.2, 0) is 14.8 Å². The van der Waals surface area contributed by atoms with E-state index in [2.05, 4.69) is 4.98 Å². The molecule has 1 unspecified atom stereocenters. The van der Waals surface area contributed by atoms with Gasteiger partial charge in [-0.25, -0.2) is 18.2 Å². The van der Waals surface area contributed by atoms with Gasteiger partial charge in [-0.3, -0.25) is 4.31 Å². The molecule has 11 heteroatoms. The van der Waals surface area contributed by atoms with E-state index in [9.17, 15) is 18.3 Å². The summed E-state index contributed by atoms with van der Waals surface area (Å²) in [6.45, 7) is 5.04. The maximum absolute atomic E-state index is 14.0. The molecular weight excluding hydrogens is 553 g/mol. The second-order valence-electron chi connectivity index (χ2n) is 9.50. The van der Waals surface area contributed by atoms with E-state index < -0.39 is 27.4 Å². The number of rotatable bonds is 7. The highest BCUT2D eigenvalue weighted by Crippen LogP contribution is 2.37. The van der Waals surface area contributed by atoms with Gasteiger partial charge in [-0.1, -0.05) is 44.0 Å². The number of carboxylic acid groups (broad SMARTS) is 1. The summed E-state index contributed by atoms with van der Waals surface area (Å²) < 4.78 is 30.8. The molecule has 2 heterocycles. The van der Waals surface area contributed by atoms with Crippen LogP contribution in [-0.4, -0.2) is 41.3 Å². The number of anilines is 1. The lowest BCUT2D eigenvalue weighted by Crippen LogP contribution is -2.52. The van der Waals surface area contributed by atoms with Crippen LogP contribution in [0.25, 0.3) is 16.7 Å². The second-order valence-corrected chi connectivity index (χ2v) is 13.1. The number of pyridine rings is 1. The van der Waals surface area contributed by atoms with Gasteiger partial charge in [0.05, 0.1) is 16.1 Å². The molecule has 0 saturated heterocycles. The van der Waals surface area contributed by atoms with Gasteiger partial charge in [-0.15, -0.1) is 11.8 Å². The minimum absolute atomic E-state index is 0.126. The maximum Gasteiger partial charge on any atom is 0.328 e. The number of benzene rings is 2. The highest BCUT2D eigenvalue weighted by molar-refractivity contribution is 7.98. The van der Waals surface area contributed by atoms with Crippen molar-refractivity contribution in [1.82, 2.24) is 9.55 Å². The molecule has 0 saturated carbocycles. The number of hydrogen-bond donors (Lipinski definition) is 1. The van der Waals surface area contributed by atoms with E-state index in [0.29, 0.717) is 5.82 Å². The van der Waals surface area contributed by atoms with Crippen LogP contribution in [0, 0.1) is 5.41 Å². The number of hydrogen-bond acceptors (Lipinski definition) is 5. The van der Waals surface area contributed by atoms with Gasteiger partial charge in [0.25, 0.3) is 10.0 Å². The Balaban J connectivity index is 1.90. The third kappa shape index (κ3) is 5.45. The highest BCUT2D eigenvalue weighted by Gasteiger charge is 2.43. The van der Waals surface area contributed by atoms with Crippen molar-refractivity contribution in [3.63, 3.8) is 0 Å². The van der Waals surface area contributed by atoms with Crippen molar-refractivity contribution < 1.29 is 18.3 Å². The van der Waals surface area contributed by atoms with E-state index in [-0.39, 0.29) is 20.6 Å². The molecule has 1 atom stereocenters. The Labute approximate surface area is 230 Å². The van der Waals surface area contributed by atoms with Crippen molar-refractivity contribution in [2.75, 3.05) is 10.6 Å². The smallest absolute Gasteiger partial charge is 0.328 e. The molecule has 2 aromatic heterocycles. The van der Waals surface area contributed by atoms with Crippen molar-refractivity contribution in [2.45, 2.75) is 36.6 Å². The average molecular weight is 579 g/mol. The quantitative estimate of drug-likeness (QED) is 0.244. The Morgan fingerprint density at radius 2 is 1.73 bits per heavy atom. The van der Waals surface area contributed by atoms with Crippen LogP contribution in [0.4, 0.5) is 5.69 Å². The van der Waals surface area contributed by atoms with Crippen LogP contribution in [0.2, 0.25) is 10.0 Å². The Bertz CT molecular complexity index is 1560. The Kier molecular flexibility index (Phi) is 7.54. The third-order valence-corrected chi connectivity index (χ3v) is 8.73. The topological polar surface area (TPSA) is 92.5 Å². The summed E-state index contributed by atoms with van der Waals surface area (Å²) in [6, 6.07) is 13.2. The zero-order valence-electron chi connectivity index (χ0n) is 20.5. The molecule has 0 fully saturated rings. The summed E-state index contributed by atoms with van der Waals surface area (Å²) in [4.78, 5) is 17.9. The molecule has 0 radical (unpaired) electrons. The number of halogens is 2. The van der Waals surface area contributed by atoms with Crippen LogP contribution in [0.5, 0.6) is 0 Å². The minimum atomic E-state index is -4.39. The Morgan fingerprint density at radius 3 is 2.27 bits per heavy atom. The molecule has 4 aromatic rings. The third-order valence-electron chi connectivity index (χ3n) is 5.81. The van der Waals surface area contributed by atoms with E-state index in [4.69, 9.17) is 23.2 Å². The largest absolute Gasteiger partial charge is 0.480 e. The summed E-state index contributed by atoms with van der Waals surface area (Å²) in [5, 5.41) is 11.2. The summed E-state index contributed by atoms with van der Waals surface area (Å²) in [5.41, 5.74) is 0.0405. The van der Waals surface area contributed by atoms with Crippen molar-refractivity contribution in [1.29, 1.82) is 0 Å². The van der Waals surface area contributed by atoms with Crippen molar-refractivity contribution in [3.05, 3.63) is 77.0 Å². The first kappa shape index (κ1) is 27.3. The maximum atomic E-state index is 14.0. The average Bonchev–Trinajstić information content (AvgIpc) is 3.24. The Morgan fingerprint density at radius 1 is 1.05 bits per heavy atom. The number of nitrogens with zero attached hydrogens (tertiary/aromatic N) is 3. The molecule has 7 nitrogen and oxygen atoms in total. The SMILES string of the molecule is CSc1ccc(-n2ccc3cc(N(C(C(=O)O)C(C)(C)C)S(=O)(=O)c4cc(Cl)cc(Cl)c4)ccc32)nc1. The number of fused-ring (bicyclic) bond motifs is 1. The molecule has 0 bridgehead atoms. The first-order valence-electron chi connectivity index (χ1n) is 11.2. The number of carboxylic acids is 1. The molecule has 0 aliphatic rings. The lowest BCUT2D eigenvalue weighted by molar-refractivity contribution is -0.140. The lowest BCUT2D eigenvalue weighted by Gasteiger charge is -2.37. The first-order chi connectivity index (χ1) is 17.3. The van der Waals surface area contributed by atoms with Gasteiger partial charge < -0.3 is 9.67 Å². The van der Waals surface area contributed by atoms with Gasteiger partial charge in [0.2, 0.25) is 0 Å². The zero-order valence-corrected chi connectivity index (χ0v) is 23.7. The normalized spacial score (nSPS) is 13.0. The molecule has 0 aliphatic carbocycles. The predicted molar refractivity (Wildman–Crippen MR) is 150 cm³/mol. The van der Waals surface area contributed by atoms with E-state index in [1.807, 2.05) is 35.2 Å². The molecule has 4 rings (SSSR count). The monoisotopic (exact) mass is 577 g/mol. The lowest BCUT2D eigenvalue weighted by atomic mass is 9.86. The minimum Gasteiger partial charge on any atom is -0.480 e. The fourth-order valence-corrected chi connectivity index (χ4v) is 7.01. The summed E-state index contributed by atoms with van der Waals surface area (Å²) in [6.07, 6.45) is 5.59. The van der Waals surface area contributed by atoms with E-state index in [0.717, 1.165) is 20.1 Å².